The average molecular weight is 436 g/mol. The number of phenolic OH excluding ortho intramolecular Hbond substituents is 1. The van der Waals surface area contributed by atoms with Crippen LogP contribution >= 0.6 is 11.6 Å². The summed E-state index contributed by atoms with van der Waals surface area (Å²) < 4.78 is 5.84. The van der Waals surface area contributed by atoms with Crippen LogP contribution < -0.4 is 0 Å². The van der Waals surface area contributed by atoms with Gasteiger partial charge in [0.2, 0.25) is 11.6 Å². The van der Waals surface area contributed by atoms with Crippen molar-refractivity contribution in [3.63, 3.8) is 0 Å². The molecule has 0 unspecified atom stereocenters. The first-order valence-electron chi connectivity index (χ1n) is 9.44. The lowest BCUT2D eigenvalue weighted by Crippen LogP contribution is -1.99. The van der Waals surface area contributed by atoms with Crippen LogP contribution in [0.1, 0.15) is 22.3 Å². The third kappa shape index (κ3) is 3.75. The lowest BCUT2D eigenvalue weighted by atomic mass is 10.0. The Bertz CT molecular complexity index is 1380. The summed E-state index contributed by atoms with van der Waals surface area (Å²) in [5, 5.41) is 22.0. The van der Waals surface area contributed by atoms with E-state index in [9.17, 15) is 15.2 Å². The first kappa shape index (κ1) is 20.6. The van der Waals surface area contributed by atoms with Gasteiger partial charge in [0.25, 0.3) is 0 Å². The van der Waals surface area contributed by atoms with E-state index in [4.69, 9.17) is 16.0 Å². The minimum atomic E-state index is -0.651. The van der Waals surface area contributed by atoms with E-state index in [1.165, 1.54) is 13.1 Å². The predicted octanol–water partition coefficient (Wildman–Crippen LogP) is 6.44. The summed E-state index contributed by atoms with van der Waals surface area (Å²) in [6.07, 6.45) is 1.37. The van der Waals surface area contributed by atoms with Crippen LogP contribution in [0.3, 0.4) is 0 Å². The van der Waals surface area contributed by atoms with Gasteiger partial charge in [0.05, 0.1) is 15.6 Å². The number of nitro benzene ring substituents is 1. The van der Waals surface area contributed by atoms with E-state index in [-0.39, 0.29) is 16.1 Å². The molecule has 3 aromatic carbocycles. The second-order valence-corrected chi connectivity index (χ2v) is 7.61. The fourth-order valence-electron chi connectivity index (χ4n) is 3.40. The molecule has 1 heterocycles. The first-order valence-corrected chi connectivity index (χ1v) is 9.81. The van der Waals surface area contributed by atoms with Crippen LogP contribution in [0.5, 0.6) is 5.75 Å². The average Bonchev–Trinajstić information content (AvgIpc) is 3.15. The molecule has 1 N–H and O–H groups in total. The zero-order chi connectivity index (χ0) is 22.3. The third-order valence-electron chi connectivity index (χ3n) is 5.06. The predicted molar refractivity (Wildman–Crippen MR) is 121 cm³/mol. The van der Waals surface area contributed by atoms with E-state index in [1.54, 1.807) is 25.1 Å². The molecule has 156 valence electrons. The SMILES string of the molecule is Cc1cccc(-c2nc3cc(N=Cc4c(C)c(Cl)c(C)c([N+](=O)[O-])c4O)ccc3o2)c1. The van der Waals surface area contributed by atoms with Gasteiger partial charge < -0.3 is 9.52 Å². The van der Waals surface area contributed by atoms with Crippen molar-refractivity contribution in [3.8, 4) is 17.2 Å². The van der Waals surface area contributed by atoms with E-state index < -0.39 is 16.4 Å². The van der Waals surface area contributed by atoms with Crippen LogP contribution in [0, 0.1) is 30.9 Å². The van der Waals surface area contributed by atoms with Crippen molar-refractivity contribution >= 4 is 40.3 Å². The Balaban J connectivity index is 1.73. The van der Waals surface area contributed by atoms with Crippen LogP contribution in [-0.4, -0.2) is 21.2 Å². The Labute approximate surface area is 182 Å². The van der Waals surface area contributed by atoms with E-state index in [0.29, 0.717) is 28.2 Å². The topological polar surface area (TPSA) is 102 Å². The molecule has 7 nitrogen and oxygen atoms in total. The fourth-order valence-corrected chi connectivity index (χ4v) is 3.60. The van der Waals surface area contributed by atoms with Crippen LogP contribution in [-0.2, 0) is 0 Å². The molecule has 8 heteroatoms. The van der Waals surface area contributed by atoms with Gasteiger partial charge in [0.15, 0.2) is 5.58 Å². The van der Waals surface area contributed by atoms with Gasteiger partial charge in [0.1, 0.15) is 5.52 Å². The molecule has 0 amide bonds. The summed E-state index contributed by atoms with van der Waals surface area (Å²) in [7, 11) is 0. The number of aromatic nitrogens is 1. The van der Waals surface area contributed by atoms with Crippen LogP contribution in [0.4, 0.5) is 11.4 Å². The number of rotatable bonds is 4. The molecule has 4 aromatic rings. The number of oxazole rings is 1. The molecule has 0 bridgehead atoms. The molecule has 0 saturated carbocycles. The number of aliphatic imine (C=N–C) groups is 1. The molecule has 0 saturated heterocycles. The maximum atomic E-state index is 11.3. The van der Waals surface area contributed by atoms with Crippen molar-refractivity contribution in [2.45, 2.75) is 20.8 Å². The Kier molecular flexibility index (Phi) is 5.20. The number of phenols is 1. The van der Waals surface area contributed by atoms with E-state index in [0.717, 1.165) is 11.1 Å². The lowest BCUT2D eigenvalue weighted by Gasteiger charge is -2.10. The quantitative estimate of drug-likeness (QED) is 0.226. The number of nitrogens with zero attached hydrogens (tertiary/aromatic N) is 3. The molecule has 0 aliphatic heterocycles. The highest BCUT2D eigenvalue weighted by Crippen LogP contribution is 2.40. The molecule has 0 fully saturated rings. The Hall–Kier alpha value is -3.71. The number of halogens is 1. The molecule has 0 atom stereocenters. The van der Waals surface area contributed by atoms with Crippen molar-refractivity contribution in [1.82, 2.24) is 4.98 Å². The summed E-state index contributed by atoms with van der Waals surface area (Å²) in [5.41, 5.74) is 4.27. The molecule has 0 aliphatic carbocycles. The first-order chi connectivity index (χ1) is 14.8. The van der Waals surface area contributed by atoms with Crippen molar-refractivity contribution in [1.29, 1.82) is 0 Å². The van der Waals surface area contributed by atoms with Gasteiger partial charge in [-0.25, -0.2) is 4.98 Å². The maximum absolute atomic E-state index is 11.3. The lowest BCUT2D eigenvalue weighted by molar-refractivity contribution is -0.386. The van der Waals surface area contributed by atoms with E-state index in [2.05, 4.69) is 9.98 Å². The number of nitro groups is 1. The van der Waals surface area contributed by atoms with Crippen LogP contribution in [0.15, 0.2) is 51.9 Å². The largest absolute Gasteiger partial charge is 0.502 e. The third-order valence-corrected chi connectivity index (χ3v) is 5.63. The summed E-state index contributed by atoms with van der Waals surface area (Å²) in [5.74, 6) is 0.0478. The van der Waals surface area contributed by atoms with Gasteiger partial charge in [0, 0.05) is 22.9 Å². The van der Waals surface area contributed by atoms with Gasteiger partial charge in [-0.2, -0.15) is 0 Å². The standard InChI is InChI=1S/C23H18ClN3O4/c1-12-5-4-6-15(9-12)23-26-18-10-16(7-8-19(18)31-23)25-11-17-13(2)20(24)14(3)21(22(17)28)27(29)30/h4-11,28H,1-3H3. The fraction of sp³-hybridized carbons (Fsp3) is 0.130. The number of benzene rings is 3. The Morgan fingerprint density at radius 3 is 2.65 bits per heavy atom. The van der Waals surface area contributed by atoms with E-state index >= 15 is 0 Å². The van der Waals surface area contributed by atoms with E-state index in [1.807, 2.05) is 31.2 Å². The molecule has 0 radical (unpaired) electrons. The van der Waals surface area contributed by atoms with Crippen molar-refractivity contribution in [2.24, 2.45) is 4.99 Å². The Morgan fingerprint density at radius 1 is 1.16 bits per heavy atom. The summed E-state index contributed by atoms with van der Waals surface area (Å²) in [6, 6.07) is 13.1. The molecule has 0 aliphatic rings. The highest BCUT2D eigenvalue weighted by Gasteiger charge is 2.25. The minimum Gasteiger partial charge on any atom is -0.502 e. The van der Waals surface area contributed by atoms with Crippen molar-refractivity contribution < 1.29 is 14.4 Å². The molecule has 4 rings (SSSR count). The monoisotopic (exact) mass is 435 g/mol. The highest BCUT2D eigenvalue weighted by atomic mass is 35.5. The van der Waals surface area contributed by atoms with Gasteiger partial charge in [-0.1, -0.05) is 29.3 Å². The van der Waals surface area contributed by atoms with Crippen LogP contribution in [0.25, 0.3) is 22.6 Å². The molecule has 31 heavy (non-hydrogen) atoms. The van der Waals surface area contributed by atoms with Gasteiger partial charge in [-0.3, -0.25) is 15.1 Å². The number of hydrogen-bond acceptors (Lipinski definition) is 6. The molecule has 1 aromatic heterocycles. The zero-order valence-corrected chi connectivity index (χ0v) is 17.8. The number of aromatic hydroxyl groups is 1. The molecular weight excluding hydrogens is 418 g/mol. The molecular formula is C23H18ClN3O4. The van der Waals surface area contributed by atoms with Gasteiger partial charge >= 0.3 is 5.69 Å². The second kappa shape index (κ2) is 7.85. The smallest absolute Gasteiger partial charge is 0.315 e. The minimum absolute atomic E-state index is 0.197. The number of hydrogen-bond donors (Lipinski definition) is 1. The summed E-state index contributed by atoms with van der Waals surface area (Å²) in [4.78, 5) is 19.6. The second-order valence-electron chi connectivity index (χ2n) is 7.23. The summed E-state index contributed by atoms with van der Waals surface area (Å²) in [6.45, 7) is 5.17. The normalized spacial score (nSPS) is 11.5. The molecule has 0 spiro atoms. The number of fused-ring (bicyclic) bond motifs is 1. The van der Waals surface area contributed by atoms with Crippen LogP contribution in [0.2, 0.25) is 5.02 Å². The summed E-state index contributed by atoms with van der Waals surface area (Å²) >= 11 is 6.24. The van der Waals surface area contributed by atoms with Gasteiger partial charge in [-0.15, -0.1) is 0 Å². The van der Waals surface area contributed by atoms with Gasteiger partial charge in [-0.05, 0) is 56.7 Å². The Morgan fingerprint density at radius 2 is 1.94 bits per heavy atom. The van der Waals surface area contributed by atoms with Crippen molar-refractivity contribution in [3.05, 3.63) is 79.9 Å². The van der Waals surface area contributed by atoms with Crippen molar-refractivity contribution in [2.75, 3.05) is 0 Å². The maximum Gasteiger partial charge on any atom is 0.315 e. The highest BCUT2D eigenvalue weighted by molar-refractivity contribution is 6.33. The zero-order valence-electron chi connectivity index (χ0n) is 17.0. The number of aryl methyl sites for hydroxylation is 1.